The van der Waals surface area contributed by atoms with Crippen LogP contribution in [0.1, 0.15) is 0 Å². The highest BCUT2D eigenvalue weighted by Gasteiger charge is 2.47. The number of amides is 2. The van der Waals surface area contributed by atoms with Crippen molar-refractivity contribution in [3.8, 4) is 0 Å². The fourth-order valence-corrected chi connectivity index (χ4v) is 2.04. The second-order valence-electron chi connectivity index (χ2n) is 3.65. The Balaban J connectivity index is 2.04. The molecule has 6 nitrogen and oxygen atoms in total. The average Bonchev–Trinajstić information content (AvgIpc) is 2.55. The van der Waals surface area contributed by atoms with E-state index in [0.29, 0.717) is 13.1 Å². The van der Waals surface area contributed by atoms with Gasteiger partial charge in [-0.05, 0) is 0 Å². The van der Waals surface area contributed by atoms with E-state index in [-0.39, 0.29) is 30.2 Å². The van der Waals surface area contributed by atoms with Crippen molar-refractivity contribution in [2.24, 2.45) is 11.8 Å². The predicted molar refractivity (Wildman–Crippen MR) is 44.2 cm³/mol. The minimum absolute atomic E-state index is 0.104. The Bertz CT molecular complexity index is 292. The summed E-state index contributed by atoms with van der Waals surface area (Å²) in [6.07, 6.45) is 0. The van der Waals surface area contributed by atoms with E-state index in [9.17, 15) is 14.4 Å². The van der Waals surface area contributed by atoms with Crippen molar-refractivity contribution in [3.05, 3.63) is 0 Å². The van der Waals surface area contributed by atoms with Gasteiger partial charge in [0.05, 0.1) is 18.4 Å². The number of hydrogen-bond acceptors (Lipinski definition) is 4. The minimum Gasteiger partial charge on any atom is -0.480 e. The van der Waals surface area contributed by atoms with Gasteiger partial charge in [0.15, 0.2) is 0 Å². The molecule has 2 amide bonds. The van der Waals surface area contributed by atoms with Crippen molar-refractivity contribution in [2.75, 3.05) is 19.6 Å². The summed E-state index contributed by atoms with van der Waals surface area (Å²) < 4.78 is 0. The van der Waals surface area contributed by atoms with Crippen LogP contribution in [0.5, 0.6) is 0 Å². The molecule has 2 atom stereocenters. The van der Waals surface area contributed by atoms with Crippen molar-refractivity contribution >= 4 is 17.8 Å². The quantitative estimate of drug-likeness (QED) is 0.515. The van der Waals surface area contributed by atoms with Crippen LogP contribution in [-0.2, 0) is 14.4 Å². The predicted octanol–water partition coefficient (Wildman–Crippen LogP) is -1.72. The van der Waals surface area contributed by atoms with E-state index in [1.807, 2.05) is 0 Å². The van der Waals surface area contributed by atoms with Crippen LogP contribution in [-0.4, -0.2) is 47.4 Å². The van der Waals surface area contributed by atoms with Crippen LogP contribution >= 0.6 is 0 Å². The molecule has 2 N–H and O–H groups in total. The molecule has 2 aliphatic rings. The van der Waals surface area contributed by atoms with Gasteiger partial charge in [-0.3, -0.25) is 24.6 Å². The van der Waals surface area contributed by atoms with Gasteiger partial charge in [0.1, 0.15) is 0 Å². The Morgan fingerprint density at radius 3 is 2.29 bits per heavy atom. The first kappa shape index (κ1) is 9.14. The lowest BCUT2D eigenvalue weighted by atomic mass is 10.00. The van der Waals surface area contributed by atoms with Gasteiger partial charge in [0.2, 0.25) is 11.8 Å². The van der Waals surface area contributed by atoms with E-state index >= 15 is 0 Å². The van der Waals surface area contributed by atoms with E-state index in [2.05, 4.69) is 5.32 Å². The van der Waals surface area contributed by atoms with Crippen LogP contribution in [0, 0.1) is 11.8 Å². The van der Waals surface area contributed by atoms with E-state index in [1.54, 1.807) is 4.90 Å². The molecule has 0 spiro atoms. The number of fused-ring (bicyclic) bond motifs is 1. The zero-order chi connectivity index (χ0) is 10.3. The Morgan fingerprint density at radius 2 is 1.86 bits per heavy atom. The molecule has 14 heavy (non-hydrogen) atoms. The van der Waals surface area contributed by atoms with Crippen LogP contribution in [0.4, 0.5) is 0 Å². The van der Waals surface area contributed by atoms with Gasteiger partial charge < -0.3 is 5.11 Å². The highest BCUT2D eigenvalue weighted by atomic mass is 16.4. The second-order valence-corrected chi connectivity index (χ2v) is 3.65. The van der Waals surface area contributed by atoms with Gasteiger partial charge in [-0.1, -0.05) is 0 Å². The van der Waals surface area contributed by atoms with Gasteiger partial charge in [-0.2, -0.15) is 0 Å². The first-order valence-electron chi connectivity index (χ1n) is 4.37. The number of nitrogens with one attached hydrogen (secondary N) is 1. The van der Waals surface area contributed by atoms with Crippen molar-refractivity contribution in [3.63, 3.8) is 0 Å². The van der Waals surface area contributed by atoms with Crippen molar-refractivity contribution in [1.82, 2.24) is 10.2 Å². The number of rotatable bonds is 2. The Morgan fingerprint density at radius 1 is 1.36 bits per heavy atom. The topological polar surface area (TPSA) is 86.7 Å². The molecule has 2 saturated heterocycles. The number of carbonyl (C=O) groups is 3. The number of aliphatic carboxylic acids is 1. The lowest BCUT2D eigenvalue weighted by Crippen LogP contribution is -2.34. The fourth-order valence-electron chi connectivity index (χ4n) is 2.04. The van der Waals surface area contributed by atoms with E-state index in [1.165, 1.54) is 0 Å². The monoisotopic (exact) mass is 198 g/mol. The van der Waals surface area contributed by atoms with Crippen LogP contribution in [0.2, 0.25) is 0 Å². The molecule has 0 radical (unpaired) electrons. The molecule has 76 valence electrons. The maximum atomic E-state index is 11.2. The van der Waals surface area contributed by atoms with Crippen molar-refractivity contribution in [2.45, 2.75) is 0 Å². The summed E-state index contributed by atoms with van der Waals surface area (Å²) in [5.41, 5.74) is 0. The van der Waals surface area contributed by atoms with Crippen molar-refractivity contribution in [1.29, 1.82) is 0 Å². The van der Waals surface area contributed by atoms with E-state index < -0.39 is 5.97 Å². The molecule has 0 unspecified atom stereocenters. The summed E-state index contributed by atoms with van der Waals surface area (Å²) in [6, 6.07) is 0. The molecule has 0 saturated carbocycles. The Kier molecular flexibility index (Phi) is 1.99. The van der Waals surface area contributed by atoms with Gasteiger partial charge in [-0.25, -0.2) is 0 Å². The molecule has 2 fully saturated rings. The molecule has 0 bridgehead atoms. The number of imide groups is 1. The van der Waals surface area contributed by atoms with Crippen molar-refractivity contribution < 1.29 is 19.5 Å². The molecule has 2 aliphatic heterocycles. The molecule has 0 aromatic carbocycles. The lowest BCUT2D eigenvalue weighted by Gasteiger charge is -2.12. The molecular formula is C8H10N2O4. The van der Waals surface area contributed by atoms with E-state index in [4.69, 9.17) is 5.11 Å². The third-order valence-corrected chi connectivity index (χ3v) is 2.67. The second kappa shape index (κ2) is 3.06. The summed E-state index contributed by atoms with van der Waals surface area (Å²) >= 11 is 0. The molecule has 2 rings (SSSR count). The zero-order valence-electron chi connectivity index (χ0n) is 7.40. The van der Waals surface area contributed by atoms with Crippen LogP contribution in [0.15, 0.2) is 0 Å². The molecular weight excluding hydrogens is 188 g/mol. The third kappa shape index (κ3) is 1.37. The highest BCUT2D eigenvalue weighted by Crippen LogP contribution is 2.27. The van der Waals surface area contributed by atoms with Crippen LogP contribution < -0.4 is 5.32 Å². The van der Waals surface area contributed by atoms with Gasteiger partial charge >= 0.3 is 5.97 Å². The largest absolute Gasteiger partial charge is 0.480 e. The van der Waals surface area contributed by atoms with Gasteiger partial charge in [0.25, 0.3) is 0 Å². The Hall–Kier alpha value is -1.43. The van der Waals surface area contributed by atoms with Gasteiger partial charge in [0, 0.05) is 13.1 Å². The average molecular weight is 198 g/mol. The standard InChI is InChI=1S/C8H10N2O4/c11-6(12)3-10-1-4-5(2-10)8(14)9-7(4)13/h4-5H,1-3H2,(H,11,12)(H,9,13,14)/t4-,5-/m0/s1. The van der Waals surface area contributed by atoms with Crippen LogP contribution in [0.25, 0.3) is 0 Å². The van der Waals surface area contributed by atoms with Crippen LogP contribution in [0.3, 0.4) is 0 Å². The summed E-state index contributed by atoms with van der Waals surface area (Å²) in [5, 5.41) is 10.8. The number of carbonyl (C=O) groups excluding carboxylic acids is 2. The molecule has 0 aromatic rings. The number of nitrogens with zero attached hydrogens (tertiary/aromatic N) is 1. The minimum atomic E-state index is -0.933. The SMILES string of the molecule is O=C(O)CN1C[C@@H]2C(=O)NC(=O)[C@H]2C1. The Labute approximate surface area is 79.9 Å². The zero-order valence-corrected chi connectivity index (χ0v) is 7.40. The maximum absolute atomic E-state index is 11.2. The number of carboxylic acid groups (broad SMARTS) is 1. The smallest absolute Gasteiger partial charge is 0.317 e. The number of likely N-dealkylation sites (tertiary alicyclic amines) is 1. The summed E-state index contributed by atoms with van der Waals surface area (Å²) in [5.74, 6) is -2.16. The fraction of sp³-hybridized carbons (Fsp3) is 0.625. The normalized spacial score (nSPS) is 31.7. The van der Waals surface area contributed by atoms with E-state index in [0.717, 1.165) is 0 Å². The first-order chi connectivity index (χ1) is 6.58. The third-order valence-electron chi connectivity index (χ3n) is 2.67. The summed E-state index contributed by atoms with van der Waals surface area (Å²) in [6.45, 7) is 0.636. The first-order valence-corrected chi connectivity index (χ1v) is 4.37. The number of carboxylic acids is 1. The van der Waals surface area contributed by atoms with Gasteiger partial charge in [-0.15, -0.1) is 0 Å². The number of hydrogen-bond donors (Lipinski definition) is 2. The summed E-state index contributed by atoms with van der Waals surface area (Å²) in [4.78, 5) is 34.4. The maximum Gasteiger partial charge on any atom is 0.317 e. The highest BCUT2D eigenvalue weighted by molar-refractivity contribution is 6.05. The molecule has 0 aliphatic carbocycles. The summed E-state index contributed by atoms with van der Waals surface area (Å²) in [7, 11) is 0. The molecule has 6 heteroatoms. The lowest BCUT2D eigenvalue weighted by molar-refractivity contribution is -0.138. The molecule has 0 aromatic heterocycles. The molecule has 2 heterocycles.